The van der Waals surface area contributed by atoms with Crippen molar-refractivity contribution in [3.8, 4) is 11.5 Å². The molecule has 0 N–H and O–H groups in total. The van der Waals surface area contributed by atoms with Gasteiger partial charge < -0.3 is 14.2 Å². The predicted molar refractivity (Wildman–Crippen MR) is 71.4 cm³/mol. The van der Waals surface area contributed by atoms with E-state index in [0.29, 0.717) is 17.9 Å². The minimum atomic E-state index is -0.665. The standard InChI is InChI=1S/C14H19O6/c1-10(16-2)8-9-19-20-14(15)11-6-5-7-12(17-3)13(11)18-4/h5-7,9-10H,8H2,1-4H3. The number of benzene rings is 1. The van der Waals surface area contributed by atoms with E-state index < -0.39 is 5.97 Å². The van der Waals surface area contributed by atoms with Crippen LogP contribution in [0.3, 0.4) is 0 Å². The Kier molecular flexibility index (Phi) is 6.83. The van der Waals surface area contributed by atoms with Crippen LogP contribution >= 0.6 is 0 Å². The monoisotopic (exact) mass is 283 g/mol. The van der Waals surface area contributed by atoms with Gasteiger partial charge in [-0.25, -0.2) is 4.79 Å². The second kappa shape index (κ2) is 8.39. The van der Waals surface area contributed by atoms with Crippen molar-refractivity contribution in [3.05, 3.63) is 30.4 Å². The van der Waals surface area contributed by atoms with E-state index in [4.69, 9.17) is 19.1 Å². The normalized spacial score (nSPS) is 11.8. The zero-order valence-corrected chi connectivity index (χ0v) is 12.0. The van der Waals surface area contributed by atoms with Crippen molar-refractivity contribution in [3.63, 3.8) is 0 Å². The molecule has 0 aromatic heterocycles. The second-order valence-electron chi connectivity index (χ2n) is 3.96. The summed E-state index contributed by atoms with van der Waals surface area (Å²) >= 11 is 0. The van der Waals surface area contributed by atoms with Crippen LogP contribution in [0.15, 0.2) is 18.2 Å². The van der Waals surface area contributed by atoms with Crippen LogP contribution in [0.5, 0.6) is 11.5 Å². The van der Waals surface area contributed by atoms with E-state index in [2.05, 4.69) is 4.89 Å². The van der Waals surface area contributed by atoms with Gasteiger partial charge in [-0.1, -0.05) is 6.07 Å². The molecule has 0 heterocycles. The molecule has 1 unspecified atom stereocenters. The van der Waals surface area contributed by atoms with Gasteiger partial charge in [0.25, 0.3) is 0 Å². The maximum absolute atomic E-state index is 11.9. The van der Waals surface area contributed by atoms with E-state index in [1.807, 2.05) is 6.92 Å². The molecule has 1 radical (unpaired) electrons. The number of carbonyl (C=O) groups excluding carboxylic acids is 1. The lowest BCUT2D eigenvalue weighted by Crippen LogP contribution is -2.10. The summed E-state index contributed by atoms with van der Waals surface area (Å²) in [6.07, 6.45) is 0.485. The highest BCUT2D eigenvalue weighted by atomic mass is 17.2. The van der Waals surface area contributed by atoms with Crippen LogP contribution in [0, 0.1) is 6.61 Å². The molecule has 0 aliphatic carbocycles. The van der Waals surface area contributed by atoms with Crippen molar-refractivity contribution >= 4 is 5.97 Å². The van der Waals surface area contributed by atoms with Gasteiger partial charge in [-0.2, -0.15) is 4.89 Å². The van der Waals surface area contributed by atoms with E-state index in [1.165, 1.54) is 20.8 Å². The molecule has 0 fully saturated rings. The van der Waals surface area contributed by atoms with E-state index in [1.54, 1.807) is 25.3 Å². The van der Waals surface area contributed by atoms with Crippen LogP contribution in [0.25, 0.3) is 0 Å². The average molecular weight is 283 g/mol. The second-order valence-corrected chi connectivity index (χ2v) is 3.96. The van der Waals surface area contributed by atoms with E-state index in [9.17, 15) is 4.79 Å². The molecule has 0 bridgehead atoms. The molecular formula is C14H19O6. The molecule has 0 spiro atoms. The summed E-state index contributed by atoms with van der Waals surface area (Å²) in [4.78, 5) is 21.3. The first-order valence-electron chi connectivity index (χ1n) is 6.07. The van der Waals surface area contributed by atoms with Gasteiger partial charge in [-0.3, -0.25) is 4.89 Å². The van der Waals surface area contributed by atoms with Gasteiger partial charge >= 0.3 is 5.97 Å². The first-order valence-corrected chi connectivity index (χ1v) is 6.07. The fourth-order valence-electron chi connectivity index (χ4n) is 1.44. The van der Waals surface area contributed by atoms with Crippen molar-refractivity contribution in [1.82, 2.24) is 0 Å². The molecule has 111 valence electrons. The summed E-state index contributed by atoms with van der Waals surface area (Å²) in [5.41, 5.74) is 0.222. The Labute approximate surface area is 118 Å². The first kappa shape index (κ1) is 16.3. The largest absolute Gasteiger partial charge is 0.493 e. The summed E-state index contributed by atoms with van der Waals surface area (Å²) in [5.74, 6) is 0.0786. The van der Waals surface area contributed by atoms with Crippen LogP contribution in [0.2, 0.25) is 0 Å². The maximum atomic E-state index is 11.9. The zero-order chi connectivity index (χ0) is 15.0. The topological polar surface area (TPSA) is 63.2 Å². The van der Waals surface area contributed by atoms with Crippen LogP contribution in [0.1, 0.15) is 23.7 Å². The van der Waals surface area contributed by atoms with E-state index in [-0.39, 0.29) is 11.7 Å². The Balaban J connectivity index is 2.59. The average Bonchev–Trinajstić information content (AvgIpc) is 2.49. The minimum absolute atomic E-state index is 0.0138. The molecule has 1 aromatic rings. The van der Waals surface area contributed by atoms with Crippen LogP contribution in [0.4, 0.5) is 0 Å². The highest BCUT2D eigenvalue weighted by Crippen LogP contribution is 2.31. The molecule has 0 amide bonds. The van der Waals surface area contributed by atoms with Gasteiger partial charge in [-0.05, 0) is 19.1 Å². The first-order chi connectivity index (χ1) is 9.63. The van der Waals surface area contributed by atoms with Crippen molar-refractivity contribution < 1.29 is 28.8 Å². The maximum Gasteiger partial charge on any atom is 0.376 e. The van der Waals surface area contributed by atoms with Gasteiger partial charge in [0.05, 0.1) is 20.3 Å². The number of methoxy groups -OCH3 is 3. The quantitative estimate of drug-likeness (QED) is 0.414. The molecule has 0 aliphatic heterocycles. The number of hydrogen-bond donors (Lipinski definition) is 0. The van der Waals surface area contributed by atoms with Gasteiger partial charge in [0.2, 0.25) is 0 Å². The summed E-state index contributed by atoms with van der Waals surface area (Å²) in [5, 5.41) is 0. The molecule has 0 saturated carbocycles. The lowest BCUT2D eigenvalue weighted by molar-refractivity contribution is -0.215. The Morgan fingerprint density at radius 1 is 1.25 bits per heavy atom. The van der Waals surface area contributed by atoms with Crippen molar-refractivity contribution in [1.29, 1.82) is 0 Å². The SMILES string of the molecule is COc1cccc(C(=O)OO[CH]CC(C)OC)c1OC. The summed E-state index contributed by atoms with van der Waals surface area (Å²) in [6, 6.07) is 4.91. The Morgan fingerprint density at radius 2 is 2.00 bits per heavy atom. The van der Waals surface area contributed by atoms with Crippen molar-refractivity contribution in [2.24, 2.45) is 0 Å². The molecule has 1 aromatic carbocycles. The van der Waals surface area contributed by atoms with Crippen molar-refractivity contribution in [2.45, 2.75) is 19.4 Å². The molecule has 20 heavy (non-hydrogen) atoms. The molecule has 1 rings (SSSR count). The fraction of sp³-hybridized carbons (Fsp3) is 0.429. The minimum Gasteiger partial charge on any atom is -0.493 e. The Hall–Kier alpha value is -1.79. The van der Waals surface area contributed by atoms with Crippen LogP contribution in [-0.4, -0.2) is 33.4 Å². The fourth-order valence-corrected chi connectivity index (χ4v) is 1.44. The third-order valence-electron chi connectivity index (χ3n) is 2.65. The van der Waals surface area contributed by atoms with E-state index in [0.717, 1.165) is 0 Å². The zero-order valence-electron chi connectivity index (χ0n) is 12.0. The van der Waals surface area contributed by atoms with Gasteiger partial charge in [0.1, 0.15) is 12.2 Å². The van der Waals surface area contributed by atoms with Gasteiger partial charge in [-0.15, -0.1) is 0 Å². The number of carbonyl (C=O) groups is 1. The number of ether oxygens (including phenoxy) is 3. The van der Waals surface area contributed by atoms with Crippen molar-refractivity contribution in [2.75, 3.05) is 21.3 Å². The third kappa shape index (κ3) is 4.40. The molecule has 0 saturated heterocycles. The summed E-state index contributed by atoms with van der Waals surface area (Å²) < 4.78 is 15.3. The number of hydrogen-bond acceptors (Lipinski definition) is 6. The third-order valence-corrected chi connectivity index (χ3v) is 2.65. The molecule has 6 heteroatoms. The highest BCUT2D eigenvalue weighted by molar-refractivity contribution is 5.93. The summed E-state index contributed by atoms with van der Waals surface area (Å²) in [6.45, 7) is 3.23. The Morgan fingerprint density at radius 3 is 2.60 bits per heavy atom. The molecule has 0 aliphatic rings. The Bertz CT molecular complexity index is 432. The molecule has 6 nitrogen and oxygen atoms in total. The smallest absolute Gasteiger partial charge is 0.376 e. The highest BCUT2D eigenvalue weighted by Gasteiger charge is 2.18. The van der Waals surface area contributed by atoms with Gasteiger partial charge in [0.15, 0.2) is 11.5 Å². The van der Waals surface area contributed by atoms with Gasteiger partial charge in [0, 0.05) is 13.5 Å². The van der Waals surface area contributed by atoms with Crippen LogP contribution < -0.4 is 9.47 Å². The lowest BCUT2D eigenvalue weighted by Gasteiger charge is -2.11. The van der Waals surface area contributed by atoms with E-state index >= 15 is 0 Å². The predicted octanol–water partition coefficient (Wildman–Crippen LogP) is 2.38. The lowest BCUT2D eigenvalue weighted by atomic mass is 10.2. The summed E-state index contributed by atoms with van der Waals surface area (Å²) in [7, 11) is 4.52. The van der Waals surface area contributed by atoms with Crippen LogP contribution in [-0.2, 0) is 14.5 Å². The number of rotatable bonds is 8. The molecular weight excluding hydrogens is 264 g/mol. The molecule has 1 atom stereocenters. The number of para-hydroxylation sites is 1.